The van der Waals surface area contributed by atoms with Gasteiger partial charge in [0.15, 0.2) is 0 Å². The first-order valence-electron chi connectivity index (χ1n) is 5.59. The largest absolute Gasteiger partial charge is 0.488 e. The number of hydrogen-bond acceptors (Lipinski definition) is 3. The van der Waals surface area contributed by atoms with Gasteiger partial charge in [-0.3, -0.25) is 0 Å². The molecule has 0 unspecified atom stereocenters. The van der Waals surface area contributed by atoms with Gasteiger partial charge in [0.05, 0.1) is 18.6 Å². The summed E-state index contributed by atoms with van der Waals surface area (Å²) in [5.41, 5.74) is 1.88. The molecule has 0 bridgehead atoms. The molecule has 0 spiro atoms. The molecule has 3 nitrogen and oxygen atoms in total. The van der Waals surface area contributed by atoms with Crippen molar-refractivity contribution in [2.45, 2.75) is 12.5 Å². The van der Waals surface area contributed by atoms with Crippen LogP contribution in [0.25, 0.3) is 0 Å². The smallest absolute Gasteiger partial charge is 0.219 e. The molecule has 18 heavy (non-hydrogen) atoms. The van der Waals surface area contributed by atoms with E-state index in [0.29, 0.717) is 18.4 Å². The quantitative estimate of drug-likeness (QED) is 0.775. The van der Waals surface area contributed by atoms with Gasteiger partial charge in [-0.05, 0) is 18.2 Å². The molecule has 0 radical (unpaired) electrons. The van der Waals surface area contributed by atoms with Gasteiger partial charge in [0.25, 0.3) is 0 Å². The normalized spacial score (nSPS) is 10.1. The second-order valence-corrected chi connectivity index (χ2v) is 3.97. The number of pyridine rings is 1. The van der Waals surface area contributed by atoms with Crippen LogP contribution in [0.2, 0.25) is 0 Å². The van der Waals surface area contributed by atoms with Crippen molar-refractivity contribution in [3.05, 3.63) is 53.7 Å². The van der Waals surface area contributed by atoms with E-state index in [1.54, 1.807) is 13.3 Å². The molecule has 0 aliphatic heterocycles. The van der Waals surface area contributed by atoms with Crippen LogP contribution in [0.15, 0.2) is 42.6 Å². The summed E-state index contributed by atoms with van der Waals surface area (Å²) in [7, 11) is 1.60. The fourth-order valence-corrected chi connectivity index (χ4v) is 1.85. The van der Waals surface area contributed by atoms with Crippen molar-refractivity contribution >= 4 is 11.6 Å². The highest BCUT2D eigenvalue weighted by atomic mass is 35.5. The highest BCUT2D eigenvalue weighted by Crippen LogP contribution is 2.22. The van der Waals surface area contributed by atoms with Crippen molar-refractivity contribution in [3.8, 4) is 11.6 Å². The maximum Gasteiger partial charge on any atom is 0.219 e. The molecule has 0 amide bonds. The molecular formula is C14H14ClNO2. The zero-order valence-electron chi connectivity index (χ0n) is 10.1. The van der Waals surface area contributed by atoms with Crippen LogP contribution in [0.4, 0.5) is 0 Å². The van der Waals surface area contributed by atoms with Crippen LogP contribution in [-0.2, 0) is 12.5 Å². The van der Waals surface area contributed by atoms with Crippen LogP contribution < -0.4 is 9.47 Å². The van der Waals surface area contributed by atoms with Gasteiger partial charge in [-0.1, -0.05) is 18.2 Å². The number of ether oxygens (including phenoxy) is 2. The summed E-state index contributed by atoms with van der Waals surface area (Å²) in [6.07, 6.45) is 1.69. The van der Waals surface area contributed by atoms with E-state index in [1.807, 2.05) is 36.4 Å². The number of hydrogen-bond donors (Lipinski definition) is 0. The summed E-state index contributed by atoms with van der Waals surface area (Å²) in [4.78, 5) is 4.12. The Morgan fingerprint density at radius 1 is 1.11 bits per heavy atom. The SMILES string of the molecule is COc1ncccc1COc1ccccc1CCl. The lowest BCUT2D eigenvalue weighted by Gasteiger charge is -2.11. The van der Waals surface area contributed by atoms with E-state index in [4.69, 9.17) is 21.1 Å². The summed E-state index contributed by atoms with van der Waals surface area (Å²) in [5, 5.41) is 0. The zero-order valence-corrected chi connectivity index (χ0v) is 10.9. The number of alkyl halides is 1. The van der Waals surface area contributed by atoms with Gasteiger partial charge in [0, 0.05) is 11.8 Å². The third-order valence-electron chi connectivity index (χ3n) is 2.54. The Kier molecular flexibility index (Phi) is 4.42. The second kappa shape index (κ2) is 6.26. The van der Waals surface area contributed by atoms with Gasteiger partial charge in [-0.15, -0.1) is 11.6 Å². The van der Waals surface area contributed by atoms with E-state index in [0.717, 1.165) is 16.9 Å². The van der Waals surface area contributed by atoms with E-state index in [2.05, 4.69) is 4.98 Å². The number of nitrogens with zero attached hydrogens (tertiary/aromatic N) is 1. The predicted molar refractivity (Wildman–Crippen MR) is 71.1 cm³/mol. The van der Waals surface area contributed by atoms with Crippen LogP contribution >= 0.6 is 11.6 Å². The molecule has 0 aliphatic rings. The Balaban J connectivity index is 2.11. The Morgan fingerprint density at radius 2 is 1.89 bits per heavy atom. The van der Waals surface area contributed by atoms with Crippen molar-refractivity contribution in [1.82, 2.24) is 4.98 Å². The Bertz CT molecular complexity index is 469. The van der Waals surface area contributed by atoms with Gasteiger partial charge in [0.1, 0.15) is 12.4 Å². The minimum atomic E-state index is 0.408. The van der Waals surface area contributed by atoms with Crippen molar-refractivity contribution in [1.29, 1.82) is 0 Å². The fourth-order valence-electron chi connectivity index (χ4n) is 1.63. The zero-order chi connectivity index (χ0) is 12.8. The van der Waals surface area contributed by atoms with E-state index in [9.17, 15) is 0 Å². The third-order valence-corrected chi connectivity index (χ3v) is 2.83. The van der Waals surface area contributed by atoms with Crippen LogP contribution in [-0.4, -0.2) is 12.1 Å². The number of rotatable bonds is 5. The molecule has 1 aromatic heterocycles. The topological polar surface area (TPSA) is 31.4 Å². The van der Waals surface area contributed by atoms with Crippen LogP contribution in [0.5, 0.6) is 11.6 Å². The maximum atomic E-state index is 5.86. The molecule has 1 heterocycles. The van der Waals surface area contributed by atoms with Crippen molar-refractivity contribution < 1.29 is 9.47 Å². The number of halogens is 1. The first-order chi connectivity index (χ1) is 8.85. The average molecular weight is 264 g/mol. The third kappa shape index (κ3) is 2.93. The maximum absolute atomic E-state index is 5.86. The van der Waals surface area contributed by atoms with E-state index in [-0.39, 0.29) is 0 Å². The summed E-state index contributed by atoms with van der Waals surface area (Å²) in [6.45, 7) is 0.408. The summed E-state index contributed by atoms with van der Waals surface area (Å²) in [6, 6.07) is 11.5. The number of aromatic nitrogens is 1. The van der Waals surface area contributed by atoms with E-state index in [1.165, 1.54) is 0 Å². The Morgan fingerprint density at radius 3 is 2.67 bits per heavy atom. The minimum Gasteiger partial charge on any atom is -0.488 e. The Hall–Kier alpha value is -1.74. The minimum absolute atomic E-state index is 0.408. The van der Waals surface area contributed by atoms with Gasteiger partial charge in [-0.25, -0.2) is 4.98 Å². The predicted octanol–water partition coefficient (Wildman–Crippen LogP) is 3.41. The molecule has 0 saturated heterocycles. The standard InChI is InChI=1S/C14H14ClNO2/c1-17-14-12(6-4-8-16-14)10-18-13-7-3-2-5-11(13)9-15/h2-8H,9-10H2,1H3. The molecule has 1 aromatic carbocycles. The van der Waals surface area contributed by atoms with Gasteiger partial charge in [-0.2, -0.15) is 0 Å². The molecule has 4 heteroatoms. The van der Waals surface area contributed by atoms with Gasteiger partial charge in [0.2, 0.25) is 5.88 Å². The Labute approximate surface area is 111 Å². The molecular weight excluding hydrogens is 250 g/mol. The molecule has 0 atom stereocenters. The van der Waals surface area contributed by atoms with Crippen LogP contribution in [0, 0.1) is 0 Å². The van der Waals surface area contributed by atoms with Crippen molar-refractivity contribution in [2.24, 2.45) is 0 Å². The molecule has 0 fully saturated rings. The summed E-state index contributed by atoms with van der Waals surface area (Å²) >= 11 is 5.86. The highest BCUT2D eigenvalue weighted by Gasteiger charge is 2.06. The lowest BCUT2D eigenvalue weighted by molar-refractivity contribution is 0.292. The number of benzene rings is 1. The van der Waals surface area contributed by atoms with Crippen LogP contribution in [0.3, 0.4) is 0 Å². The van der Waals surface area contributed by atoms with E-state index < -0.39 is 0 Å². The lowest BCUT2D eigenvalue weighted by atomic mass is 10.2. The highest BCUT2D eigenvalue weighted by molar-refractivity contribution is 6.17. The second-order valence-electron chi connectivity index (χ2n) is 3.70. The van der Waals surface area contributed by atoms with Crippen molar-refractivity contribution in [3.63, 3.8) is 0 Å². The first-order valence-corrected chi connectivity index (χ1v) is 6.13. The van der Waals surface area contributed by atoms with E-state index >= 15 is 0 Å². The summed E-state index contributed by atoms with van der Waals surface area (Å²) in [5.74, 6) is 1.81. The molecule has 0 aliphatic carbocycles. The first kappa shape index (κ1) is 12.7. The average Bonchev–Trinajstić information content (AvgIpc) is 2.45. The molecule has 94 valence electrons. The molecule has 2 aromatic rings. The fraction of sp³-hybridized carbons (Fsp3) is 0.214. The number of methoxy groups -OCH3 is 1. The molecule has 0 N–H and O–H groups in total. The van der Waals surface area contributed by atoms with Gasteiger partial charge >= 0.3 is 0 Å². The lowest BCUT2D eigenvalue weighted by Crippen LogP contribution is -2.01. The molecule has 2 rings (SSSR count). The van der Waals surface area contributed by atoms with Gasteiger partial charge < -0.3 is 9.47 Å². The monoisotopic (exact) mass is 263 g/mol. The molecule has 0 saturated carbocycles. The summed E-state index contributed by atoms with van der Waals surface area (Å²) < 4.78 is 10.9. The van der Waals surface area contributed by atoms with Crippen LogP contribution in [0.1, 0.15) is 11.1 Å². The van der Waals surface area contributed by atoms with Crippen molar-refractivity contribution in [2.75, 3.05) is 7.11 Å². The number of para-hydroxylation sites is 1.